The zero-order valence-electron chi connectivity index (χ0n) is 17.0. The van der Waals surface area contributed by atoms with Crippen LogP contribution in [0, 0.1) is 17.8 Å². The van der Waals surface area contributed by atoms with E-state index in [2.05, 4.69) is 27.7 Å². The van der Waals surface area contributed by atoms with Gasteiger partial charge >= 0.3 is 5.97 Å². The van der Waals surface area contributed by atoms with E-state index in [1.54, 1.807) is 0 Å². The highest BCUT2D eigenvalue weighted by molar-refractivity contribution is 5.69. The Hall–Kier alpha value is -0.530. The quantitative estimate of drug-likeness (QED) is 0.279. The first-order chi connectivity index (χ1) is 11.4. The Morgan fingerprint density at radius 3 is 1.17 bits per heavy atom. The van der Waals surface area contributed by atoms with Crippen LogP contribution in [-0.2, 0) is 4.79 Å². The first kappa shape index (κ1) is 23.5. The zero-order chi connectivity index (χ0) is 18.2. The maximum Gasteiger partial charge on any atom is 0.306 e. The van der Waals surface area contributed by atoms with Gasteiger partial charge in [0.05, 0.1) is 5.92 Å². The van der Waals surface area contributed by atoms with Crippen molar-refractivity contribution in [3.63, 3.8) is 0 Å². The molecule has 1 atom stereocenters. The molecule has 0 radical (unpaired) electrons. The van der Waals surface area contributed by atoms with Gasteiger partial charge in [-0.1, -0.05) is 105 Å². The average molecular weight is 341 g/mol. The lowest BCUT2D eigenvalue weighted by Crippen LogP contribution is -2.13. The number of hydrogen-bond acceptors (Lipinski definition) is 1. The molecule has 0 bridgehead atoms. The van der Waals surface area contributed by atoms with E-state index in [0.29, 0.717) is 0 Å². The van der Waals surface area contributed by atoms with E-state index in [0.717, 1.165) is 37.5 Å². The van der Waals surface area contributed by atoms with Gasteiger partial charge in [-0.2, -0.15) is 0 Å². The van der Waals surface area contributed by atoms with Gasteiger partial charge in [0.25, 0.3) is 0 Å². The van der Waals surface area contributed by atoms with E-state index in [4.69, 9.17) is 0 Å². The topological polar surface area (TPSA) is 37.3 Å². The normalized spacial score (nSPS) is 12.9. The van der Waals surface area contributed by atoms with Gasteiger partial charge in [-0.05, 0) is 24.7 Å². The van der Waals surface area contributed by atoms with Crippen molar-refractivity contribution in [3.8, 4) is 0 Å². The fourth-order valence-corrected chi connectivity index (χ4v) is 3.34. The van der Waals surface area contributed by atoms with Gasteiger partial charge in [-0.15, -0.1) is 0 Å². The van der Waals surface area contributed by atoms with Crippen LogP contribution in [0.15, 0.2) is 0 Å². The number of unbranched alkanes of at least 4 members (excludes halogenated alkanes) is 8. The highest BCUT2D eigenvalue weighted by Gasteiger charge is 2.16. The maximum absolute atomic E-state index is 11.4. The summed E-state index contributed by atoms with van der Waals surface area (Å²) >= 11 is 0. The number of aliphatic carboxylic acids is 1. The predicted molar refractivity (Wildman–Crippen MR) is 105 cm³/mol. The molecule has 2 heteroatoms. The lowest BCUT2D eigenvalue weighted by atomic mass is 9.94. The predicted octanol–water partition coefficient (Wildman–Crippen LogP) is 7.46. The number of carboxylic acid groups (broad SMARTS) is 1. The summed E-state index contributed by atoms with van der Waals surface area (Å²) in [6.07, 6.45) is 16.9. The molecule has 0 saturated heterocycles. The summed E-state index contributed by atoms with van der Waals surface area (Å²) in [5, 5.41) is 9.37. The summed E-state index contributed by atoms with van der Waals surface area (Å²) in [5.41, 5.74) is 0. The van der Waals surface area contributed by atoms with Crippen molar-refractivity contribution in [2.45, 2.75) is 118 Å². The molecular formula is C22H44O2. The third-order valence-electron chi connectivity index (χ3n) is 5.02. The maximum atomic E-state index is 11.4. The van der Waals surface area contributed by atoms with E-state index in [1.165, 1.54) is 64.2 Å². The first-order valence-electron chi connectivity index (χ1n) is 10.7. The molecule has 1 unspecified atom stereocenters. The van der Waals surface area contributed by atoms with Gasteiger partial charge in [-0.3, -0.25) is 4.79 Å². The average Bonchev–Trinajstić information content (AvgIpc) is 2.50. The van der Waals surface area contributed by atoms with Gasteiger partial charge in [0.1, 0.15) is 0 Å². The SMILES string of the molecule is CC(C)CCCCCCCCC(CCCCCCC(C)C)C(=O)O. The summed E-state index contributed by atoms with van der Waals surface area (Å²) < 4.78 is 0. The third kappa shape index (κ3) is 16.3. The molecule has 0 aliphatic rings. The Morgan fingerprint density at radius 1 is 0.583 bits per heavy atom. The summed E-state index contributed by atoms with van der Waals surface area (Å²) in [5.74, 6) is 0.944. The molecule has 0 aromatic rings. The Morgan fingerprint density at radius 2 is 0.875 bits per heavy atom. The molecular weight excluding hydrogens is 296 g/mol. The number of carboxylic acids is 1. The van der Waals surface area contributed by atoms with Crippen LogP contribution in [0.3, 0.4) is 0 Å². The van der Waals surface area contributed by atoms with Gasteiger partial charge in [0.2, 0.25) is 0 Å². The fraction of sp³-hybridized carbons (Fsp3) is 0.955. The highest BCUT2D eigenvalue weighted by Crippen LogP contribution is 2.20. The molecule has 0 aliphatic heterocycles. The van der Waals surface area contributed by atoms with Crippen LogP contribution in [0.25, 0.3) is 0 Å². The molecule has 0 fully saturated rings. The second-order valence-electron chi connectivity index (χ2n) is 8.51. The summed E-state index contributed by atoms with van der Waals surface area (Å²) in [6.45, 7) is 9.11. The van der Waals surface area contributed by atoms with E-state index < -0.39 is 5.97 Å². The molecule has 0 rings (SSSR count). The van der Waals surface area contributed by atoms with Crippen molar-refractivity contribution in [1.29, 1.82) is 0 Å². The summed E-state index contributed by atoms with van der Waals surface area (Å²) in [4.78, 5) is 11.4. The van der Waals surface area contributed by atoms with E-state index >= 15 is 0 Å². The first-order valence-corrected chi connectivity index (χ1v) is 10.7. The summed E-state index contributed by atoms with van der Waals surface area (Å²) in [7, 11) is 0. The largest absolute Gasteiger partial charge is 0.481 e. The smallest absolute Gasteiger partial charge is 0.306 e. The third-order valence-corrected chi connectivity index (χ3v) is 5.02. The molecule has 0 aliphatic carbocycles. The van der Waals surface area contributed by atoms with Crippen molar-refractivity contribution in [1.82, 2.24) is 0 Å². The van der Waals surface area contributed by atoms with Crippen LogP contribution in [0.1, 0.15) is 118 Å². The molecule has 0 spiro atoms. The minimum absolute atomic E-state index is 0.101. The highest BCUT2D eigenvalue weighted by atomic mass is 16.4. The lowest BCUT2D eigenvalue weighted by Gasteiger charge is -2.12. The minimum Gasteiger partial charge on any atom is -0.481 e. The van der Waals surface area contributed by atoms with Crippen LogP contribution in [0.5, 0.6) is 0 Å². The molecule has 0 saturated carbocycles. The van der Waals surface area contributed by atoms with Crippen LogP contribution in [-0.4, -0.2) is 11.1 Å². The Bertz CT molecular complexity index is 284. The van der Waals surface area contributed by atoms with Crippen molar-refractivity contribution >= 4 is 5.97 Å². The fourth-order valence-electron chi connectivity index (χ4n) is 3.34. The van der Waals surface area contributed by atoms with Gasteiger partial charge < -0.3 is 5.11 Å². The van der Waals surface area contributed by atoms with Crippen LogP contribution >= 0.6 is 0 Å². The van der Waals surface area contributed by atoms with E-state index in [-0.39, 0.29) is 5.92 Å². The molecule has 0 amide bonds. The molecule has 144 valence electrons. The van der Waals surface area contributed by atoms with E-state index in [1.807, 2.05) is 0 Å². The molecule has 0 aromatic carbocycles. The monoisotopic (exact) mass is 340 g/mol. The van der Waals surface area contributed by atoms with E-state index in [9.17, 15) is 9.90 Å². The van der Waals surface area contributed by atoms with Crippen LogP contribution in [0.4, 0.5) is 0 Å². The number of rotatable bonds is 17. The summed E-state index contributed by atoms with van der Waals surface area (Å²) in [6, 6.07) is 0. The van der Waals surface area contributed by atoms with Gasteiger partial charge in [0.15, 0.2) is 0 Å². The van der Waals surface area contributed by atoms with Crippen LogP contribution < -0.4 is 0 Å². The van der Waals surface area contributed by atoms with Crippen molar-refractivity contribution < 1.29 is 9.90 Å². The van der Waals surface area contributed by atoms with Crippen molar-refractivity contribution in [3.05, 3.63) is 0 Å². The Labute approximate surface area is 151 Å². The van der Waals surface area contributed by atoms with Crippen molar-refractivity contribution in [2.75, 3.05) is 0 Å². The number of carbonyl (C=O) groups is 1. The van der Waals surface area contributed by atoms with Crippen molar-refractivity contribution in [2.24, 2.45) is 17.8 Å². The molecule has 0 heterocycles. The van der Waals surface area contributed by atoms with Gasteiger partial charge in [0, 0.05) is 0 Å². The second-order valence-corrected chi connectivity index (χ2v) is 8.51. The molecule has 1 N–H and O–H groups in total. The lowest BCUT2D eigenvalue weighted by molar-refractivity contribution is -0.142. The molecule has 2 nitrogen and oxygen atoms in total. The molecule has 24 heavy (non-hydrogen) atoms. The minimum atomic E-state index is -0.575. The molecule has 0 aromatic heterocycles. The Kier molecular flexibility index (Phi) is 15.6. The van der Waals surface area contributed by atoms with Gasteiger partial charge in [-0.25, -0.2) is 0 Å². The van der Waals surface area contributed by atoms with Crippen LogP contribution in [0.2, 0.25) is 0 Å². The number of hydrogen-bond donors (Lipinski definition) is 1. The Balaban J connectivity index is 3.55. The second kappa shape index (κ2) is 16.0. The zero-order valence-corrected chi connectivity index (χ0v) is 17.0. The standard InChI is InChI=1S/C22H44O2/c1-19(2)15-11-7-5-6-8-13-17-21(22(23)24)18-14-10-9-12-16-20(3)4/h19-21H,5-18H2,1-4H3,(H,23,24).